The van der Waals surface area contributed by atoms with Crippen LogP contribution in [-0.4, -0.2) is 46.0 Å². The summed E-state index contributed by atoms with van der Waals surface area (Å²) in [5.41, 5.74) is 3.09. The molecule has 2 N–H and O–H groups in total. The van der Waals surface area contributed by atoms with E-state index in [2.05, 4.69) is 58.5 Å². The summed E-state index contributed by atoms with van der Waals surface area (Å²) in [7, 11) is 0. The van der Waals surface area contributed by atoms with Gasteiger partial charge in [-0.05, 0) is 37.7 Å². The summed E-state index contributed by atoms with van der Waals surface area (Å²) in [5.74, 6) is 0. The Morgan fingerprint density at radius 3 is 2.68 bits per heavy atom. The van der Waals surface area contributed by atoms with E-state index in [1.54, 1.807) is 0 Å². The van der Waals surface area contributed by atoms with Gasteiger partial charge in [0.25, 0.3) is 0 Å². The highest BCUT2D eigenvalue weighted by molar-refractivity contribution is 5.74. The molecule has 0 amide bonds. The first kappa shape index (κ1) is 14.0. The number of H-pyrrole nitrogens is 1. The minimum Gasteiger partial charge on any atom is -0.309 e. The maximum atomic E-state index is 4.11. The van der Waals surface area contributed by atoms with Crippen molar-refractivity contribution < 1.29 is 0 Å². The molecule has 2 rings (SSSR count). The van der Waals surface area contributed by atoms with E-state index in [-0.39, 0.29) is 0 Å². The molecule has 0 saturated carbocycles. The highest BCUT2D eigenvalue weighted by Crippen LogP contribution is 2.10. The summed E-state index contributed by atoms with van der Waals surface area (Å²) in [6.07, 6.45) is 0. The molecular formula is C14H23N5. The number of aromatic amines is 1. The maximum Gasteiger partial charge on any atom is 0.113 e. The van der Waals surface area contributed by atoms with Crippen molar-refractivity contribution in [1.82, 2.24) is 25.6 Å². The summed E-state index contributed by atoms with van der Waals surface area (Å²) in [6, 6.07) is 6.66. The number of fused-ring (bicyclic) bond motifs is 1. The Kier molecular flexibility index (Phi) is 4.87. The fraction of sp³-hybridized carbons (Fsp3) is 0.571. The highest BCUT2D eigenvalue weighted by atomic mass is 15.3. The zero-order valence-corrected chi connectivity index (χ0v) is 12.0. The first-order valence-electron chi connectivity index (χ1n) is 6.98. The van der Waals surface area contributed by atoms with Gasteiger partial charge in [-0.25, -0.2) is 0 Å². The van der Waals surface area contributed by atoms with Gasteiger partial charge < -0.3 is 10.2 Å². The fourth-order valence-corrected chi connectivity index (χ4v) is 2.22. The van der Waals surface area contributed by atoms with Gasteiger partial charge in [0, 0.05) is 19.1 Å². The first-order valence-corrected chi connectivity index (χ1v) is 6.98. The molecule has 0 bridgehead atoms. The maximum absolute atomic E-state index is 4.11. The Morgan fingerprint density at radius 2 is 1.95 bits per heavy atom. The van der Waals surface area contributed by atoms with Crippen LogP contribution >= 0.6 is 0 Å². The van der Waals surface area contributed by atoms with Gasteiger partial charge in [-0.1, -0.05) is 19.9 Å². The number of nitrogens with zero attached hydrogens (tertiary/aromatic N) is 3. The van der Waals surface area contributed by atoms with Crippen LogP contribution in [0.4, 0.5) is 0 Å². The molecule has 0 aliphatic rings. The summed E-state index contributed by atoms with van der Waals surface area (Å²) in [6.45, 7) is 10.8. The van der Waals surface area contributed by atoms with Crippen LogP contribution in [0, 0.1) is 0 Å². The second-order valence-corrected chi connectivity index (χ2v) is 4.91. The molecule has 2 aromatic rings. The Labute approximate surface area is 114 Å². The molecule has 5 nitrogen and oxygen atoms in total. The number of aromatic nitrogens is 3. The normalized spacial score (nSPS) is 13.3. The minimum absolute atomic E-state index is 0.480. The molecule has 0 aliphatic heterocycles. The largest absolute Gasteiger partial charge is 0.309 e. The summed E-state index contributed by atoms with van der Waals surface area (Å²) < 4.78 is 0. The second-order valence-electron chi connectivity index (χ2n) is 4.91. The Balaban J connectivity index is 1.87. The van der Waals surface area contributed by atoms with Crippen LogP contribution < -0.4 is 5.32 Å². The van der Waals surface area contributed by atoms with Gasteiger partial charge in [-0.15, -0.1) is 0 Å². The van der Waals surface area contributed by atoms with Crippen LogP contribution in [0.25, 0.3) is 11.0 Å². The lowest BCUT2D eigenvalue weighted by Gasteiger charge is -2.23. The van der Waals surface area contributed by atoms with Crippen LogP contribution in [0.2, 0.25) is 0 Å². The van der Waals surface area contributed by atoms with E-state index >= 15 is 0 Å². The second kappa shape index (κ2) is 6.63. The Hall–Kier alpha value is -1.46. The highest BCUT2D eigenvalue weighted by Gasteiger charge is 2.07. The van der Waals surface area contributed by atoms with Crippen molar-refractivity contribution >= 4 is 11.0 Å². The molecular weight excluding hydrogens is 238 g/mol. The van der Waals surface area contributed by atoms with E-state index in [9.17, 15) is 0 Å². The zero-order chi connectivity index (χ0) is 13.7. The molecule has 104 valence electrons. The van der Waals surface area contributed by atoms with Crippen LogP contribution in [0.15, 0.2) is 18.2 Å². The predicted octanol–water partition coefficient (Wildman–Crippen LogP) is 1.78. The van der Waals surface area contributed by atoms with Gasteiger partial charge in [0.2, 0.25) is 0 Å². The van der Waals surface area contributed by atoms with Gasteiger partial charge in [-0.3, -0.25) is 0 Å². The van der Waals surface area contributed by atoms with Crippen LogP contribution in [0.1, 0.15) is 26.3 Å². The average Bonchev–Trinajstić information content (AvgIpc) is 2.89. The monoisotopic (exact) mass is 261 g/mol. The van der Waals surface area contributed by atoms with Gasteiger partial charge in [0.05, 0.1) is 0 Å². The first-order chi connectivity index (χ1) is 9.22. The third kappa shape index (κ3) is 3.75. The molecule has 0 radical (unpaired) electrons. The lowest BCUT2D eigenvalue weighted by Crippen LogP contribution is -2.38. The number of likely N-dealkylation sites (N-methyl/N-ethyl adjacent to an activating group) is 1. The number of benzene rings is 1. The summed E-state index contributed by atoms with van der Waals surface area (Å²) >= 11 is 0. The van der Waals surface area contributed by atoms with Crippen molar-refractivity contribution in [2.45, 2.75) is 33.4 Å². The van der Waals surface area contributed by atoms with Crippen molar-refractivity contribution in [2.24, 2.45) is 0 Å². The van der Waals surface area contributed by atoms with Gasteiger partial charge in [-0.2, -0.15) is 15.4 Å². The smallest absolute Gasteiger partial charge is 0.113 e. The van der Waals surface area contributed by atoms with Gasteiger partial charge in [0.1, 0.15) is 11.0 Å². The van der Waals surface area contributed by atoms with E-state index < -0.39 is 0 Å². The summed E-state index contributed by atoms with van der Waals surface area (Å²) in [4.78, 5) is 2.43. The lowest BCUT2D eigenvalue weighted by molar-refractivity contribution is 0.270. The minimum atomic E-state index is 0.480. The van der Waals surface area contributed by atoms with E-state index in [4.69, 9.17) is 0 Å². The third-order valence-corrected chi connectivity index (χ3v) is 3.46. The van der Waals surface area contributed by atoms with Crippen LogP contribution in [0.5, 0.6) is 0 Å². The van der Waals surface area contributed by atoms with Crippen LogP contribution in [0.3, 0.4) is 0 Å². The molecule has 1 atom stereocenters. The van der Waals surface area contributed by atoms with E-state index in [0.717, 1.165) is 37.2 Å². The predicted molar refractivity (Wildman–Crippen MR) is 78.0 cm³/mol. The molecule has 0 fully saturated rings. The molecule has 1 heterocycles. The Morgan fingerprint density at radius 1 is 1.21 bits per heavy atom. The van der Waals surface area contributed by atoms with Crippen LogP contribution in [-0.2, 0) is 6.54 Å². The topological polar surface area (TPSA) is 56.8 Å². The number of hydrogen-bond donors (Lipinski definition) is 2. The third-order valence-electron chi connectivity index (χ3n) is 3.46. The van der Waals surface area contributed by atoms with Gasteiger partial charge >= 0.3 is 0 Å². The lowest BCUT2D eigenvalue weighted by atomic mass is 10.2. The standard InChI is InChI=1S/C14H23N5/c1-4-19(5-2)10-11(3)15-9-12-6-7-13-14(8-12)17-18-16-13/h6-8,11,15H,4-5,9-10H2,1-3H3,(H,16,17,18). The number of nitrogens with one attached hydrogen (secondary N) is 2. The number of rotatable bonds is 7. The molecule has 0 spiro atoms. The van der Waals surface area contributed by atoms with Crippen molar-refractivity contribution in [1.29, 1.82) is 0 Å². The quantitative estimate of drug-likeness (QED) is 0.797. The molecule has 0 saturated heterocycles. The molecule has 19 heavy (non-hydrogen) atoms. The molecule has 1 aromatic carbocycles. The Bertz CT molecular complexity index is 503. The zero-order valence-electron chi connectivity index (χ0n) is 12.0. The molecule has 1 aromatic heterocycles. The van der Waals surface area contributed by atoms with Crippen molar-refractivity contribution in [3.63, 3.8) is 0 Å². The van der Waals surface area contributed by atoms with Crippen molar-refractivity contribution in [3.05, 3.63) is 23.8 Å². The van der Waals surface area contributed by atoms with Gasteiger partial charge in [0.15, 0.2) is 0 Å². The molecule has 1 unspecified atom stereocenters. The number of hydrogen-bond acceptors (Lipinski definition) is 4. The van der Waals surface area contributed by atoms with Crippen molar-refractivity contribution in [3.8, 4) is 0 Å². The summed E-state index contributed by atoms with van der Waals surface area (Å²) in [5, 5.41) is 14.4. The van der Waals surface area contributed by atoms with Crippen molar-refractivity contribution in [2.75, 3.05) is 19.6 Å². The average molecular weight is 261 g/mol. The fourth-order valence-electron chi connectivity index (χ4n) is 2.22. The van der Waals surface area contributed by atoms with E-state index in [0.29, 0.717) is 6.04 Å². The molecule has 0 aliphatic carbocycles. The molecule has 5 heteroatoms. The van der Waals surface area contributed by atoms with E-state index in [1.165, 1.54) is 5.56 Å². The SMILES string of the molecule is CCN(CC)CC(C)NCc1ccc2n[nH]nc2c1. The van der Waals surface area contributed by atoms with E-state index in [1.807, 2.05) is 6.07 Å².